The van der Waals surface area contributed by atoms with E-state index in [9.17, 15) is 5.11 Å². The number of aliphatic hydroxyl groups is 1. The molecule has 0 aromatic heterocycles. The molecule has 0 heterocycles. The van der Waals surface area contributed by atoms with Gasteiger partial charge in [-0.1, -0.05) is 13.0 Å². The van der Waals surface area contributed by atoms with Crippen LogP contribution >= 0.6 is 0 Å². The molecular weight excluding hydrogens is 176 g/mol. The quantitative estimate of drug-likeness (QED) is 0.801. The standard InChI is InChI=1S/C12H18O2/c1-8-7-11(14-4)5-6-12(8)9(2)10(3)13/h5-7,9-10,13H,1-4H3. The molecule has 0 aliphatic carbocycles. The first kappa shape index (κ1) is 11.1. The van der Waals surface area contributed by atoms with Crippen molar-refractivity contribution >= 4 is 0 Å². The summed E-state index contributed by atoms with van der Waals surface area (Å²) in [6, 6.07) is 5.95. The van der Waals surface area contributed by atoms with Crippen LogP contribution in [0.3, 0.4) is 0 Å². The molecule has 0 saturated heterocycles. The molecule has 0 spiro atoms. The summed E-state index contributed by atoms with van der Waals surface area (Å²) in [5.74, 6) is 1.03. The summed E-state index contributed by atoms with van der Waals surface area (Å²) < 4.78 is 5.13. The van der Waals surface area contributed by atoms with E-state index < -0.39 is 0 Å². The summed E-state index contributed by atoms with van der Waals surface area (Å²) in [7, 11) is 1.66. The fraction of sp³-hybridized carbons (Fsp3) is 0.500. The summed E-state index contributed by atoms with van der Waals surface area (Å²) in [4.78, 5) is 0. The van der Waals surface area contributed by atoms with Crippen molar-refractivity contribution in [1.29, 1.82) is 0 Å². The molecular formula is C12H18O2. The fourth-order valence-corrected chi connectivity index (χ4v) is 1.55. The first-order valence-electron chi connectivity index (χ1n) is 4.89. The summed E-state index contributed by atoms with van der Waals surface area (Å²) in [5.41, 5.74) is 2.35. The highest BCUT2D eigenvalue weighted by atomic mass is 16.5. The molecule has 2 atom stereocenters. The number of ether oxygens (including phenoxy) is 1. The lowest BCUT2D eigenvalue weighted by Gasteiger charge is -2.17. The molecule has 1 aromatic carbocycles. The van der Waals surface area contributed by atoms with Gasteiger partial charge in [0.05, 0.1) is 13.2 Å². The molecule has 2 unspecified atom stereocenters. The van der Waals surface area contributed by atoms with Gasteiger partial charge >= 0.3 is 0 Å². The maximum Gasteiger partial charge on any atom is 0.119 e. The van der Waals surface area contributed by atoms with Crippen molar-refractivity contribution in [2.24, 2.45) is 0 Å². The van der Waals surface area contributed by atoms with E-state index in [0.717, 1.165) is 11.3 Å². The predicted octanol–water partition coefficient (Wildman–Crippen LogP) is 2.49. The van der Waals surface area contributed by atoms with Gasteiger partial charge in [0.2, 0.25) is 0 Å². The number of aryl methyl sites for hydroxylation is 1. The van der Waals surface area contributed by atoms with Crippen LogP contribution in [0.25, 0.3) is 0 Å². The van der Waals surface area contributed by atoms with Crippen molar-refractivity contribution in [3.63, 3.8) is 0 Å². The van der Waals surface area contributed by atoms with Gasteiger partial charge in [-0.2, -0.15) is 0 Å². The molecule has 0 radical (unpaired) electrons. The number of hydrogen-bond acceptors (Lipinski definition) is 2. The molecule has 0 aliphatic heterocycles. The molecule has 1 N–H and O–H groups in total. The van der Waals surface area contributed by atoms with Gasteiger partial charge in [-0.05, 0) is 37.1 Å². The Kier molecular flexibility index (Phi) is 3.53. The lowest BCUT2D eigenvalue weighted by molar-refractivity contribution is 0.168. The zero-order valence-corrected chi connectivity index (χ0v) is 9.24. The van der Waals surface area contributed by atoms with Crippen LogP contribution in [0.15, 0.2) is 18.2 Å². The fourth-order valence-electron chi connectivity index (χ4n) is 1.55. The first-order chi connectivity index (χ1) is 6.56. The van der Waals surface area contributed by atoms with E-state index in [0.29, 0.717) is 0 Å². The van der Waals surface area contributed by atoms with Crippen molar-refractivity contribution in [3.8, 4) is 5.75 Å². The minimum atomic E-state index is -0.318. The number of hydrogen-bond donors (Lipinski definition) is 1. The highest BCUT2D eigenvalue weighted by Crippen LogP contribution is 2.25. The third-order valence-electron chi connectivity index (χ3n) is 2.69. The second-order valence-electron chi connectivity index (χ2n) is 3.75. The van der Waals surface area contributed by atoms with E-state index in [1.807, 2.05) is 39.0 Å². The summed E-state index contributed by atoms with van der Waals surface area (Å²) in [5, 5.41) is 9.49. The Morgan fingerprint density at radius 1 is 1.29 bits per heavy atom. The van der Waals surface area contributed by atoms with Crippen molar-refractivity contribution in [3.05, 3.63) is 29.3 Å². The van der Waals surface area contributed by atoms with E-state index in [2.05, 4.69) is 0 Å². The van der Waals surface area contributed by atoms with Crippen LogP contribution in [-0.2, 0) is 0 Å². The van der Waals surface area contributed by atoms with Crippen LogP contribution in [0.1, 0.15) is 30.9 Å². The third kappa shape index (κ3) is 2.26. The molecule has 2 nitrogen and oxygen atoms in total. The van der Waals surface area contributed by atoms with E-state index in [-0.39, 0.29) is 12.0 Å². The third-order valence-corrected chi connectivity index (χ3v) is 2.69. The van der Waals surface area contributed by atoms with Crippen LogP contribution in [0.4, 0.5) is 0 Å². The highest BCUT2D eigenvalue weighted by molar-refractivity contribution is 5.36. The molecule has 2 heteroatoms. The Morgan fingerprint density at radius 3 is 2.36 bits per heavy atom. The molecule has 14 heavy (non-hydrogen) atoms. The molecule has 1 rings (SSSR count). The van der Waals surface area contributed by atoms with Gasteiger partial charge in [0.15, 0.2) is 0 Å². The molecule has 1 aromatic rings. The SMILES string of the molecule is COc1ccc(C(C)C(C)O)c(C)c1. The van der Waals surface area contributed by atoms with E-state index in [4.69, 9.17) is 4.74 Å². The largest absolute Gasteiger partial charge is 0.497 e. The Labute approximate surface area is 85.5 Å². The van der Waals surface area contributed by atoms with E-state index in [1.165, 1.54) is 5.56 Å². The Hall–Kier alpha value is -1.02. The molecule has 0 saturated carbocycles. The van der Waals surface area contributed by atoms with Gasteiger partial charge in [-0.3, -0.25) is 0 Å². The maximum absolute atomic E-state index is 9.49. The van der Waals surface area contributed by atoms with Gasteiger partial charge in [0, 0.05) is 5.92 Å². The van der Waals surface area contributed by atoms with E-state index in [1.54, 1.807) is 7.11 Å². The molecule has 0 amide bonds. The van der Waals surface area contributed by atoms with Crippen molar-refractivity contribution in [2.45, 2.75) is 32.8 Å². The van der Waals surface area contributed by atoms with Gasteiger partial charge in [0.25, 0.3) is 0 Å². The molecule has 78 valence electrons. The zero-order chi connectivity index (χ0) is 10.7. The lowest BCUT2D eigenvalue weighted by atomic mass is 9.92. The topological polar surface area (TPSA) is 29.5 Å². The number of benzene rings is 1. The van der Waals surface area contributed by atoms with Crippen molar-refractivity contribution in [1.82, 2.24) is 0 Å². The van der Waals surface area contributed by atoms with Gasteiger partial charge in [-0.25, -0.2) is 0 Å². The maximum atomic E-state index is 9.49. The lowest BCUT2D eigenvalue weighted by Crippen LogP contribution is -2.12. The minimum Gasteiger partial charge on any atom is -0.497 e. The summed E-state index contributed by atoms with van der Waals surface area (Å²) in [6.07, 6.45) is -0.318. The highest BCUT2D eigenvalue weighted by Gasteiger charge is 2.13. The van der Waals surface area contributed by atoms with Crippen LogP contribution in [0, 0.1) is 6.92 Å². The monoisotopic (exact) mass is 194 g/mol. The Bertz CT molecular complexity index is 305. The zero-order valence-electron chi connectivity index (χ0n) is 9.24. The average Bonchev–Trinajstić information content (AvgIpc) is 2.16. The number of rotatable bonds is 3. The van der Waals surface area contributed by atoms with Gasteiger partial charge < -0.3 is 9.84 Å². The number of methoxy groups -OCH3 is 1. The summed E-state index contributed by atoms with van der Waals surface area (Å²) >= 11 is 0. The molecule has 0 aliphatic rings. The smallest absolute Gasteiger partial charge is 0.119 e. The van der Waals surface area contributed by atoms with E-state index >= 15 is 0 Å². The molecule has 0 fully saturated rings. The minimum absolute atomic E-state index is 0.168. The van der Waals surface area contributed by atoms with Crippen LogP contribution in [-0.4, -0.2) is 18.3 Å². The molecule has 0 bridgehead atoms. The van der Waals surface area contributed by atoms with Crippen molar-refractivity contribution < 1.29 is 9.84 Å². The van der Waals surface area contributed by atoms with Crippen LogP contribution in [0.5, 0.6) is 5.75 Å². The van der Waals surface area contributed by atoms with Gasteiger partial charge in [0.1, 0.15) is 5.75 Å². The first-order valence-corrected chi connectivity index (χ1v) is 4.89. The van der Waals surface area contributed by atoms with Gasteiger partial charge in [-0.15, -0.1) is 0 Å². The predicted molar refractivity (Wildman–Crippen MR) is 57.8 cm³/mol. The second kappa shape index (κ2) is 4.47. The Balaban J connectivity index is 2.99. The summed E-state index contributed by atoms with van der Waals surface area (Å²) in [6.45, 7) is 5.88. The average molecular weight is 194 g/mol. The number of aliphatic hydroxyl groups excluding tert-OH is 1. The Morgan fingerprint density at radius 2 is 1.93 bits per heavy atom. The van der Waals surface area contributed by atoms with Crippen LogP contribution in [0.2, 0.25) is 0 Å². The second-order valence-corrected chi connectivity index (χ2v) is 3.75. The van der Waals surface area contributed by atoms with Crippen LogP contribution < -0.4 is 4.74 Å². The van der Waals surface area contributed by atoms with Crippen molar-refractivity contribution in [2.75, 3.05) is 7.11 Å². The normalized spacial score (nSPS) is 14.9.